The maximum Gasteiger partial charge on any atom is 0.274 e. The molecular formula is C17H18N2O2. The molecule has 4 heteroatoms. The molecule has 0 unspecified atom stereocenters. The lowest BCUT2D eigenvalue weighted by atomic mass is 9.87. The molecule has 21 heavy (non-hydrogen) atoms. The first-order chi connectivity index (χ1) is 10.3. The molecule has 0 spiro atoms. The first-order valence-corrected chi connectivity index (χ1v) is 7.65. The zero-order chi connectivity index (χ0) is 14.2. The number of hydrogen-bond acceptors (Lipinski definition) is 3. The van der Waals surface area contributed by atoms with Gasteiger partial charge in [-0.15, -0.1) is 0 Å². The molecule has 1 aromatic heterocycles. The number of rotatable bonds is 3. The van der Waals surface area contributed by atoms with E-state index in [1.54, 1.807) is 0 Å². The number of carbonyl (C=O) groups is 1. The average molecular weight is 282 g/mol. The van der Waals surface area contributed by atoms with Crippen LogP contribution < -0.4 is 5.32 Å². The lowest BCUT2D eigenvalue weighted by molar-refractivity contribution is 0.0926. The van der Waals surface area contributed by atoms with Gasteiger partial charge < -0.3 is 9.73 Å². The van der Waals surface area contributed by atoms with E-state index in [0.717, 1.165) is 37.9 Å². The summed E-state index contributed by atoms with van der Waals surface area (Å²) in [5, 5.41) is 3.14. The van der Waals surface area contributed by atoms with Crippen molar-refractivity contribution in [2.45, 2.75) is 44.1 Å². The Kier molecular flexibility index (Phi) is 3.02. The van der Waals surface area contributed by atoms with Crippen LogP contribution in [0.2, 0.25) is 0 Å². The fourth-order valence-corrected chi connectivity index (χ4v) is 3.19. The van der Waals surface area contributed by atoms with E-state index in [-0.39, 0.29) is 11.9 Å². The van der Waals surface area contributed by atoms with Crippen molar-refractivity contribution < 1.29 is 9.21 Å². The van der Waals surface area contributed by atoms with Gasteiger partial charge in [0.2, 0.25) is 0 Å². The molecule has 4 nitrogen and oxygen atoms in total. The molecule has 0 saturated heterocycles. The molecule has 2 aliphatic carbocycles. The van der Waals surface area contributed by atoms with Crippen molar-refractivity contribution in [2.75, 3.05) is 0 Å². The second kappa shape index (κ2) is 5.02. The lowest BCUT2D eigenvalue weighted by Crippen LogP contribution is -2.31. The predicted octanol–water partition coefficient (Wildman–Crippen LogP) is 3.36. The Bertz CT molecular complexity index is 673. The Morgan fingerprint density at radius 3 is 2.95 bits per heavy atom. The lowest BCUT2D eigenvalue weighted by Gasteiger charge is -2.26. The van der Waals surface area contributed by atoms with Crippen LogP contribution in [0.3, 0.4) is 0 Å². The third-order valence-electron chi connectivity index (χ3n) is 4.43. The van der Waals surface area contributed by atoms with Crippen LogP contribution in [0.1, 0.15) is 65.0 Å². The Balaban J connectivity index is 1.56. The van der Waals surface area contributed by atoms with Gasteiger partial charge >= 0.3 is 0 Å². The minimum absolute atomic E-state index is 0.0891. The Hall–Kier alpha value is -2.10. The summed E-state index contributed by atoms with van der Waals surface area (Å²) in [6.45, 7) is 0. The van der Waals surface area contributed by atoms with Crippen LogP contribution in [0.5, 0.6) is 0 Å². The molecule has 0 bridgehead atoms. The van der Waals surface area contributed by atoms with Crippen LogP contribution in [0.25, 0.3) is 0 Å². The molecule has 1 aromatic carbocycles. The van der Waals surface area contributed by atoms with E-state index < -0.39 is 0 Å². The summed E-state index contributed by atoms with van der Waals surface area (Å²) in [4.78, 5) is 16.6. The molecule has 108 valence electrons. The van der Waals surface area contributed by atoms with Crippen molar-refractivity contribution in [3.05, 3.63) is 53.2 Å². The zero-order valence-corrected chi connectivity index (χ0v) is 11.8. The molecule has 2 aromatic rings. The summed E-state index contributed by atoms with van der Waals surface area (Å²) in [6, 6.07) is 8.45. The standard InChI is InChI=1S/C17H18N2O2/c20-17(15-16(12-8-9-12)21-10-18-15)19-14-7-3-5-11-4-1-2-6-13(11)14/h1-2,4,6,10,12,14H,3,5,7-9H2,(H,19,20)/t14-/m0/s1. The number of aryl methyl sites for hydroxylation is 1. The van der Waals surface area contributed by atoms with Crippen LogP contribution >= 0.6 is 0 Å². The second-order valence-corrected chi connectivity index (χ2v) is 5.96. The predicted molar refractivity (Wildman–Crippen MR) is 78.1 cm³/mol. The van der Waals surface area contributed by atoms with E-state index in [1.807, 2.05) is 6.07 Å². The number of amides is 1. The number of nitrogens with one attached hydrogen (secondary N) is 1. The topological polar surface area (TPSA) is 55.1 Å². The van der Waals surface area contributed by atoms with Crippen LogP contribution in [-0.4, -0.2) is 10.9 Å². The molecule has 0 aliphatic heterocycles. The minimum atomic E-state index is -0.104. The highest BCUT2D eigenvalue weighted by molar-refractivity contribution is 5.93. The molecule has 1 heterocycles. The van der Waals surface area contributed by atoms with Crippen molar-refractivity contribution >= 4 is 5.91 Å². The summed E-state index contributed by atoms with van der Waals surface area (Å²) in [5.41, 5.74) is 3.06. The van der Waals surface area contributed by atoms with Crippen LogP contribution in [0.15, 0.2) is 35.1 Å². The number of aromatic nitrogens is 1. The van der Waals surface area contributed by atoms with Gasteiger partial charge in [-0.25, -0.2) is 4.98 Å². The highest BCUT2D eigenvalue weighted by atomic mass is 16.3. The molecule has 1 amide bonds. The van der Waals surface area contributed by atoms with Crippen molar-refractivity contribution in [3.8, 4) is 0 Å². The molecule has 0 radical (unpaired) electrons. The minimum Gasteiger partial charge on any atom is -0.447 e. The van der Waals surface area contributed by atoms with Gasteiger partial charge in [-0.2, -0.15) is 0 Å². The third-order valence-corrected chi connectivity index (χ3v) is 4.43. The summed E-state index contributed by atoms with van der Waals surface area (Å²) in [5.74, 6) is 1.05. The van der Waals surface area contributed by atoms with Crippen molar-refractivity contribution in [2.24, 2.45) is 0 Å². The van der Waals surface area contributed by atoms with Crippen molar-refractivity contribution in [3.63, 3.8) is 0 Å². The van der Waals surface area contributed by atoms with Crippen LogP contribution in [-0.2, 0) is 6.42 Å². The van der Waals surface area contributed by atoms with Gasteiger partial charge in [-0.1, -0.05) is 24.3 Å². The largest absolute Gasteiger partial charge is 0.447 e. The fraction of sp³-hybridized carbons (Fsp3) is 0.412. The summed E-state index contributed by atoms with van der Waals surface area (Å²) in [7, 11) is 0. The number of carbonyl (C=O) groups excluding carboxylic acids is 1. The maximum atomic E-state index is 12.5. The van der Waals surface area contributed by atoms with E-state index in [0.29, 0.717) is 11.6 Å². The van der Waals surface area contributed by atoms with Gasteiger partial charge in [0.15, 0.2) is 12.1 Å². The fourth-order valence-electron chi connectivity index (χ4n) is 3.19. The van der Waals surface area contributed by atoms with Gasteiger partial charge in [0, 0.05) is 5.92 Å². The number of hydrogen-bond donors (Lipinski definition) is 1. The van der Waals surface area contributed by atoms with Crippen LogP contribution in [0.4, 0.5) is 0 Å². The van der Waals surface area contributed by atoms with E-state index in [1.165, 1.54) is 17.5 Å². The molecular weight excluding hydrogens is 264 g/mol. The first-order valence-electron chi connectivity index (χ1n) is 7.65. The highest BCUT2D eigenvalue weighted by Gasteiger charge is 2.33. The number of benzene rings is 1. The number of oxazole rings is 1. The number of fused-ring (bicyclic) bond motifs is 1. The Morgan fingerprint density at radius 2 is 2.10 bits per heavy atom. The highest BCUT2D eigenvalue weighted by Crippen LogP contribution is 2.41. The molecule has 4 rings (SSSR count). The first kappa shape index (κ1) is 12.6. The zero-order valence-electron chi connectivity index (χ0n) is 11.8. The average Bonchev–Trinajstić information content (AvgIpc) is 3.24. The van der Waals surface area contributed by atoms with E-state index in [4.69, 9.17) is 4.42 Å². The Morgan fingerprint density at radius 1 is 1.24 bits per heavy atom. The summed E-state index contributed by atoms with van der Waals surface area (Å²) in [6.07, 6.45) is 6.77. The summed E-state index contributed by atoms with van der Waals surface area (Å²) >= 11 is 0. The molecule has 1 saturated carbocycles. The molecule has 2 aliphatic rings. The van der Waals surface area contributed by atoms with E-state index >= 15 is 0 Å². The van der Waals surface area contributed by atoms with Gasteiger partial charge in [0.05, 0.1) is 6.04 Å². The van der Waals surface area contributed by atoms with Gasteiger partial charge in [-0.05, 0) is 43.2 Å². The maximum absolute atomic E-state index is 12.5. The number of nitrogens with zero attached hydrogens (tertiary/aromatic N) is 1. The summed E-state index contributed by atoms with van der Waals surface area (Å²) < 4.78 is 5.40. The van der Waals surface area contributed by atoms with Gasteiger partial charge in [0.1, 0.15) is 5.76 Å². The smallest absolute Gasteiger partial charge is 0.274 e. The SMILES string of the molecule is O=C(N[C@H]1CCCc2ccccc21)c1ncoc1C1CC1. The molecule has 1 N–H and O–H groups in total. The van der Waals surface area contributed by atoms with Crippen molar-refractivity contribution in [1.29, 1.82) is 0 Å². The Labute approximate surface area is 123 Å². The second-order valence-electron chi connectivity index (χ2n) is 5.96. The monoisotopic (exact) mass is 282 g/mol. The van der Waals surface area contributed by atoms with E-state index in [9.17, 15) is 4.79 Å². The van der Waals surface area contributed by atoms with Gasteiger partial charge in [0.25, 0.3) is 5.91 Å². The van der Waals surface area contributed by atoms with Crippen molar-refractivity contribution in [1.82, 2.24) is 10.3 Å². The van der Waals surface area contributed by atoms with E-state index in [2.05, 4.69) is 28.5 Å². The normalized spacial score (nSPS) is 20.9. The quantitative estimate of drug-likeness (QED) is 0.939. The van der Waals surface area contributed by atoms with Crippen LogP contribution in [0, 0.1) is 0 Å². The van der Waals surface area contributed by atoms with Gasteiger partial charge in [-0.3, -0.25) is 4.79 Å². The molecule has 1 atom stereocenters. The third kappa shape index (κ3) is 2.35. The molecule has 1 fully saturated rings.